The van der Waals surface area contributed by atoms with E-state index in [1.807, 2.05) is 18.2 Å². The Morgan fingerprint density at radius 1 is 1.50 bits per heavy atom. The van der Waals surface area contributed by atoms with Gasteiger partial charge in [0.25, 0.3) is 0 Å². The summed E-state index contributed by atoms with van der Waals surface area (Å²) in [5.41, 5.74) is 1.11. The second kappa shape index (κ2) is 4.88. The number of halogens is 1. The first kappa shape index (κ1) is 11.5. The Bertz CT molecular complexity index is 401. The Morgan fingerprint density at radius 2 is 2.31 bits per heavy atom. The van der Waals surface area contributed by atoms with Crippen molar-refractivity contribution in [2.45, 2.75) is 25.7 Å². The normalized spacial score (nSPS) is 20.1. The van der Waals surface area contributed by atoms with Gasteiger partial charge in [0.15, 0.2) is 0 Å². The molecule has 1 unspecified atom stereocenters. The number of carbonyl (C=O) groups is 1. The Morgan fingerprint density at radius 3 is 2.94 bits per heavy atom. The molecule has 1 saturated carbocycles. The fourth-order valence-electron chi connectivity index (χ4n) is 2.28. The van der Waals surface area contributed by atoms with Crippen molar-refractivity contribution in [3.8, 4) is 5.75 Å². The number of ketones is 1. The average molecular weight is 239 g/mol. The largest absolute Gasteiger partial charge is 0.496 e. The number of Topliss-reactive ketones (excluding diaryl/α,β-unsaturated/α-hetero) is 1. The van der Waals surface area contributed by atoms with E-state index in [4.69, 9.17) is 16.3 Å². The van der Waals surface area contributed by atoms with Crippen molar-refractivity contribution in [1.29, 1.82) is 0 Å². The van der Waals surface area contributed by atoms with E-state index in [1.165, 1.54) is 0 Å². The highest BCUT2D eigenvalue weighted by Gasteiger charge is 2.23. The summed E-state index contributed by atoms with van der Waals surface area (Å²) in [6.07, 6.45) is 3.31. The first-order chi connectivity index (χ1) is 7.69. The molecule has 1 aliphatic carbocycles. The number of benzene rings is 1. The predicted molar refractivity (Wildman–Crippen MR) is 64.1 cm³/mol. The molecule has 1 aromatic carbocycles. The molecule has 0 heterocycles. The summed E-state index contributed by atoms with van der Waals surface area (Å²) < 4.78 is 5.29. The number of hydrogen-bond acceptors (Lipinski definition) is 2. The van der Waals surface area contributed by atoms with E-state index in [1.54, 1.807) is 7.11 Å². The van der Waals surface area contributed by atoms with Crippen LogP contribution in [0.25, 0.3) is 0 Å². The number of carbonyl (C=O) groups excluding carboxylic acids is 1. The van der Waals surface area contributed by atoms with Gasteiger partial charge in [0.1, 0.15) is 11.5 Å². The minimum absolute atomic E-state index is 0.381. The summed E-state index contributed by atoms with van der Waals surface area (Å²) in [6, 6.07) is 5.64. The van der Waals surface area contributed by atoms with Gasteiger partial charge in [-0.2, -0.15) is 0 Å². The van der Waals surface area contributed by atoms with E-state index in [-0.39, 0.29) is 0 Å². The van der Waals surface area contributed by atoms with Crippen LogP contribution in [0, 0.1) is 5.92 Å². The molecule has 3 heteroatoms. The summed E-state index contributed by atoms with van der Waals surface area (Å²) >= 11 is 5.97. The summed E-state index contributed by atoms with van der Waals surface area (Å²) in [6.45, 7) is 0. The molecule has 1 aliphatic rings. The van der Waals surface area contributed by atoms with Crippen molar-refractivity contribution < 1.29 is 9.53 Å². The summed E-state index contributed by atoms with van der Waals surface area (Å²) in [7, 11) is 1.66. The number of methoxy groups -OCH3 is 1. The number of hydrogen-bond donors (Lipinski definition) is 0. The summed E-state index contributed by atoms with van der Waals surface area (Å²) in [5, 5.41) is 0.722. The Labute approximate surface area is 101 Å². The van der Waals surface area contributed by atoms with E-state index in [9.17, 15) is 4.79 Å². The Balaban J connectivity index is 2.13. The topological polar surface area (TPSA) is 26.3 Å². The van der Waals surface area contributed by atoms with Gasteiger partial charge in [0.2, 0.25) is 0 Å². The third-order valence-electron chi connectivity index (χ3n) is 3.10. The standard InChI is InChI=1S/C13H15ClO2/c1-16-13-5-3-11(14)8-10(13)6-9-2-4-12(15)7-9/h3,5,8-9H,2,4,6-7H2,1H3. The van der Waals surface area contributed by atoms with Gasteiger partial charge in [-0.15, -0.1) is 0 Å². The highest BCUT2D eigenvalue weighted by molar-refractivity contribution is 6.30. The zero-order valence-electron chi connectivity index (χ0n) is 9.33. The third-order valence-corrected chi connectivity index (χ3v) is 3.33. The van der Waals surface area contributed by atoms with Crippen LogP contribution < -0.4 is 4.74 Å². The second-order valence-corrected chi connectivity index (χ2v) is 4.74. The number of ether oxygens (including phenoxy) is 1. The molecule has 1 aromatic rings. The molecule has 0 radical (unpaired) electrons. The molecule has 86 valence electrons. The zero-order valence-corrected chi connectivity index (χ0v) is 10.1. The van der Waals surface area contributed by atoms with Gasteiger partial charge in [-0.05, 0) is 42.5 Å². The smallest absolute Gasteiger partial charge is 0.133 e. The molecule has 0 aliphatic heterocycles. The van der Waals surface area contributed by atoms with E-state index < -0.39 is 0 Å². The lowest BCUT2D eigenvalue weighted by atomic mass is 9.97. The average Bonchev–Trinajstić information content (AvgIpc) is 2.64. The molecular formula is C13H15ClO2. The predicted octanol–water partition coefficient (Wildman–Crippen LogP) is 3.26. The highest BCUT2D eigenvalue weighted by atomic mass is 35.5. The summed E-state index contributed by atoms with van der Waals surface area (Å²) in [4.78, 5) is 11.2. The minimum Gasteiger partial charge on any atom is -0.496 e. The van der Waals surface area contributed by atoms with Crippen molar-refractivity contribution >= 4 is 17.4 Å². The molecule has 0 amide bonds. The minimum atomic E-state index is 0.381. The molecular weight excluding hydrogens is 224 g/mol. The van der Waals surface area contributed by atoms with Crippen molar-refractivity contribution in [2.24, 2.45) is 5.92 Å². The molecule has 0 spiro atoms. The van der Waals surface area contributed by atoms with Crippen LogP contribution in [0.15, 0.2) is 18.2 Å². The molecule has 2 rings (SSSR count). The molecule has 16 heavy (non-hydrogen) atoms. The Kier molecular flexibility index (Phi) is 3.49. The van der Waals surface area contributed by atoms with Crippen molar-refractivity contribution in [2.75, 3.05) is 7.11 Å². The maximum absolute atomic E-state index is 11.2. The van der Waals surface area contributed by atoms with Gasteiger partial charge >= 0.3 is 0 Å². The zero-order chi connectivity index (χ0) is 11.5. The summed E-state index contributed by atoms with van der Waals surface area (Å²) in [5.74, 6) is 1.70. The van der Waals surface area contributed by atoms with E-state index >= 15 is 0 Å². The lowest BCUT2D eigenvalue weighted by Gasteiger charge is -2.12. The quantitative estimate of drug-likeness (QED) is 0.808. The second-order valence-electron chi connectivity index (χ2n) is 4.31. The monoisotopic (exact) mass is 238 g/mol. The van der Waals surface area contributed by atoms with E-state index in [2.05, 4.69) is 0 Å². The van der Waals surface area contributed by atoms with Gasteiger partial charge in [0.05, 0.1) is 7.11 Å². The molecule has 0 N–H and O–H groups in total. The molecule has 2 nitrogen and oxygen atoms in total. The van der Waals surface area contributed by atoms with Crippen LogP contribution in [0.4, 0.5) is 0 Å². The molecule has 0 bridgehead atoms. The van der Waals surface area contributed by atoms with E-state index in [0.717, 1.165) is 35.6 Å². The van der Waals surface area contributed by atoms with Crippen LogP contribution in [0.2, 0.25) is 5.02 Å². The van der Waals surface area contributed by atoms with Gasteiger partial charge in [-0.25, -0.2) is 0 Å². The lowest BCUT2D eigenvalue weighted by Crippen LogP contribution is -2.02. The maximum Gasteiger partial charge on any atom is 0.133 e. The van der Waals surface area contributed by atoms with Gasteiger partial charge in [-0.1, -0.05) is 11.6 Å². The van der Waals surface area contributed by atoms with Crippen LogP contribution in [0.1, 0.15) is 24.8 Å². The molecule has 0 aromatic heterocycles. The van der Waals surface area contributed by atoms with Crippen LogP contribution in [0.5, 0.6) is 5.75 Å². The van der Waals surface area contributed by atoms with Gasteiger partial charge in [-0.3, -0.25) is 4.79 Å². The van der Waals surface area contributed by atoms with Crippen LogP contribution in [0.3, 0.4) is 0 Å². The maximum atomic E-state index is 11.2. The van der Waals surface area contributed by atoms with Crippen molar-refractivity contribution in [1.82, 2.24) is 0 Å². The van der Waals surface area contributed by atoms with Crippen LogP contribution in [-0.4, -0.2) is 12.9 Å². The number of rotatable bonds is 3. The fourth-order valence-corrected chi connectivity index (χ4v) is 2.48. The highest BCUT2D eigenvalue weighted by Crippen LogP contribution is 2.30. The van der Waals surface area contributed by atoms with Crippen LogP contribution >= 0.6 is 11.6 Å². The van der Waals surface area contributed by atoms with Gasteiger partial charge in [0, 0.05) is 17.9 Å². The fraction of sp³-hybridized carbons (Fsp3) is 0.462. The van der Waals surface area contributed by atoms with Crippen molar-refractivity contribution in [3.63, 3.8) is 0 Å². The van der Waals surface area contributed by atoms with Crippen molar-refractivity contribution in [3.05, 3.63) is 28.8 Å². The first-order valence-electron chi connectivity index (χ1n) is 5.53. The van der Waals surface area contributed by atoms with E-state index in [0.29, 0.717) is 18.1 Å². The SMILES string of the molecule is COc1ccc(Cl)cc1CC1CCC(=O)C1. The van der Waals surface area contributed by atoms with Crippen LogP contribution in [-0.2, 0) is 11.2 Å². The molecule has 1 atom stereocenters. The third kappa shape index (κ3) is 2.56. The molecule has 1 fully saturated rings. The molecule has 0 saturated heterocycles. The first-order valence-corrected chi connectivity index (χ1v) is 5.91. The lowest BCUT2D eigenvalue weighted by molar-refractivity contribution is -0.117. The Hall–Kier alpha value is -1.02. The van der Waals surface area contributed by atoms with Gasteiger partial charge < -0.3 is 4.74 Å².